The zero-order chi connectivity index (χ0) is 18.4. The molecule has 0 bridgehead atoms. The zero-order valence-corrected chi connectivity index (χ0v) is 18.7. The Labute approximate surface area is 178 Å². The number of benzene rings is 2. The van der Waals surface area contributed by atoms with Crippen molar-refractivity contribution in [2.24, 2.45) is 0 Å². The van der Waals surface area contributed by atoms with E-state index in [1.165, 1.54) is 0 Å². The highest BCUT2D eigenvalue weighted by Gasteiger charge is 2.24. The molecule has 0 heterocycles. The molecule has 0 amide bonds. The number of Topliss-reactive ketones (excluding diaryl/α,β-unsaturated/α-hetero) is 1. The summed E-state index contributed by atoms with van der Waals surface area (Å²) < 4.78 is 1.35. The normalized spacial score (nSPS) is 12.2. The molecule has 0 aromatic heterocycles. The molecule has 0 radical (unpaired) electrons. The van der Waals surface area contributed by atoms with Crippen molar-refractivity contribution in [3.05, 3.63) is 63.6 Å². The molecule has 1 unspecified atom stereocenters. The molecule has 2 aromatic carbocycles. The van der Waals surface area contributed by atoms with E-state index in [0.717, 1.165) is 10.2 Å². The van der Waals surface area contributed by atoms with E-state index >= 15 is 0 Å². The molecule has 0 saturated heterocycles. The first-order valence-electron chi connectivity index (χ1n) is 8.04. The average Bonchev–Trinajstić information content (AvgIpc) is 2.53. The van der Waals surface area contributed by atoms with E-state index in [4.69, 9.17) is 11.6 Å². The molecule has 7 heteroatoms. The number of carbonyl (C=O) groups excluding carboxylic acids is 1. The number of nitrogens with one attached hydrogen (secondary N) is 1. The number of ketones is 1. The van der Waals surface area contributed by atoms with Gasteiger partial charge in [0.25, 0.3) is 0 Å². The molecule has 0 saturated carbocycles. The summed E-state index contributed by atoms with van der Waals surface area (Å²) in [5.41, 5.74) is 1.47. The maximum atomic E-state index is 12.4. The van der Waals surface area contributed by atoms with Gasteiger partial charge in [-0.15, -0.1) is 0 Å². The number of hydrogen-bond donors (Lipinski definition) is 2. The quantitative estimate of drug-likeness (QED) is 0.412. The molecule has 0 aliphatic rings. The smallest absolute Gasteiger partial charge is 0.216 e. The van der Waals surface area contributed by atoms with Crippen LogP contribution in [0.25, 0.3) is 0 Å². The Morgan fingerprint density at radius 1 is 1.19 bits per heavy atom. The number of quaternary nitrogens is 1. The van der Waals surface area contributed by atoms with Crippen LogP contribution in [-0.4, -0.2) is 55.2 Å². The van der Waals surface area contributed by atoms with Gasteiger partial charge in [0.05, 0.1) is 24.8 Å². The topological polar surface area (TPSA) is 49.3 Å². The molecule has 2 aromatic rings. The average molecular weight is 507 g/mol. The summed E-state index contributed by atoms with van der Waals surface area (Å²) >= 11 is 9.46. The van der Waals surface area contributed by atoms with Crippen molar-refractivity contribution in [3.63, 3.8) is 0 Å². The Kier molecular flexibility index (Phi) is 9.27. The molecule has 26 heavy (non-hydrogen) atoms. The lowest BCUT2D eigenvalue weighted by molar-refractivity contribution is -0.884. The van der Waals surface area contributed by atoms with E-state index < -0.39 is 6.10 Å². The molecule has 4 nitrogen and oxygen atoms in total. The molecule has 0 aliphatic carbocycles. The number of halogens is 3. The van der Waals surface area contributed by atoms with Gasteiger partial charge in [-0.05, 0) is 24.3 Å². The first-order chi connectivity index (χ1) is 11.8. The standard InChI is InChI=1S/C19H23BrClN2O2.BrH/c1-23(2,13-19(25)14-7-9-15(20)10-8-14)12-16(24)11-22-18-6-4-3-5-17(18)21;/h3-10,16,22,24H,11-13H2,1-2H3;1H/q+1;/p-1. The molecule has 1 atom stereocenters. The van der Waals surface area contributed by atoms with E-state index in [2.05, 4.69) is 21.2 Å². The largest absolute Gasteiger partial charge is 1.00 e. The first-order valence-corrected chi connectivity index (χ1v) is 9.21. The van der Waals surface area contributed by atoms with Gasteiger partial charge in [0.15, 0.2) is 0 Å². The second kappa shape index (κ2) is 10.4. The molecule has 142 valence electrons. The van der Waals surface area contributed by atoms with Gasteiger partial charge in [-0.1, -0.05) is 51.8 Å². The van der Waals surface area contributed by atoms with E-state index in [9.17, 15) is 9.90 Å². The third-order valence-corrected chi connectivity index (χ3v) is 4.70. The second-order valence-corrected chi connectivity index (χ2v) is 8.04. The van der Waals surface area contributed by atoms with Gasteiger partial charge in [0.2, 0.25) is 5.78 Å². The summed E-state index contributed by atoms with van der Waals surface area (Å²) in [6.07, 6.45) is -0.594. The molecule has 2 rings (SSSR count). The van der Waals surface area contributed by atoms with Crippen LogP contribution in [0.5, 0.6) is 0 Å². The summed E-state index contributed by atoms with van der Waals surface area (Å²) in [4.78, 5) is 12.4. The minimum absolute atomic E-state index is 0. The monoisotopic (exact) mass is 504 g/mol. The number of likely N-dealkylation sites (N-methyl/N-ethyl adjacent to an activating group) is 1. The maximum absolute atomic E-state index is 12.4. The summed E-state index contributed by atoms with van der Waals surface area (Å²) in [5, 5.41) is 14.1. The van der Waals surface area contributed by atoms with E-state index in [1.54, 1.807) is 6.07 Å². The molecule has 0 fully saturated rings. The fraction of sp³-hybridized carbons (Fsp3) is 0.316. The zero-order valence-electron chi connectivity index (χ0n) is 14.8. The van der Waals surface area contributed by atoms with Crippen LogP contribution >= 0.6 is 27.5 Å². The highest BCUT2D eigenvalue weighted by molar-refractivity contribution is 9.10. The Morgan fingerprint density at radius 2 is 1.81 bits per heavy atom. The number of aliphatic hydroxyl groups is 1. The Balaban J connectivity index is 0.00000338. The van der Waals surface area contributed by atoms with E-state index in [0.29, 0.717) is 34.7 Å². The Bertz CT molecular complexity index is 724. The van der Waals surface area contributed by atoms with Crippen molar-refractivity contribution in [3.8, 4) is 0 Å². The molecule has 2 N–H and O–H groups in total. The van der Waals surface area contributed by atoms with Crippen molar-refractivity contribution >= 4 is 39.0 Å². The van der Waals surface area contributed by atoms with E-state index in [-0.39, 0.29) is 22.8 Å². The van der Waals surface area contributed by atoms with Gasteiger partial charge in [-0.3, -0.25) is 4.79 Å². The molecule has 0 aliphatic heterocycles. The SMILES string of the molecule is C[N+](C)(CC(=O)c1ccc(Br)cc1)CC(O)CNc1ccccc1Cl.[Br-]. The lowest BCUT2D eigenvalue weighted by atomic mass is 10.1. The minimum Gasteiger partial charge on any atom is -1.00 e. The highest BCUT2D eigenvalue weighted by atomic mass is 79.9. The Hall–Kier alpha value is -0.920. The molecular formula is C19H23Br2ClN2O2. The van der Waals surface area contributed by atoms with Crippen LogP contribution in [0.2, 0.25) is 5.02 Å². The second-order valence-electron chi connectivity index (χ2n) is 6.72. The maximum Gasteiger partial charge on any atom is 0.216 e. The first kappa shape index (κ1) is 23.1. The van der Waals surface area contributed by atoms with Crippen molar-refractivity contribution < 1.29 is 31.4 Å². The van der Waals surface area contributed by atoms with E-state index in [1.807, 2.05) is 56.6 Å². The van der Waals surface area contributed by atoms with Crippen molar-refractivity contribution in [2.45, 2.75) is 6.10 Å². The van der Waals surface area contributed by atoms with Crippen molar-refractivity contribution in [1.29, 1.82) is 0 Å². The van der Waals surface area contributed by atoms with Crippen LogP contribution in [0.15, 0.2) is 53.0 Å². The number of carbonyl (C=O) groups is 1. The van der Waals surface area contributed by atoms with Gasteiger partial charge in [0, 0.05) is 16.6 Å². The Morgan fingerprint density at radius 3 is 2.42 bits per heavy atom. The fourth-order valence-corrected chi connectivity index (χ4v) is 3.11. The number of para-hydroxylation sites is 1. The minimum atomic E-state index is -0.594. The summed E-state index contributed by atoms with van der Waals surface area (Å²) in [7, 11) is 3.88. The van der Waals surface area contributed by atoms with Crippen LogP contribution in [-0.2, 0) is 0 Å². The molecular weight excluding hydrogens is 483 g/mol. The third-order valence-electron chi connectivity index (χ3n) is 3.84. The van der Waals surface area contributed by atoms with Crippen LogP contribution in [0, 0.1) is 0 Å². The molecule has 0 spiro atoms. The lowest BCUT2D eigenvalue weighted by Crippen LogP contribution is -3.00. The number of aliphatic hydroxyl groups excluding tert-OH is 1. The summed E-state index contributed by atoms with van der Waals surface area (Å²) in [6.45, 7) is 1.16. The predicted molar refractivity (Wildman–Crippen MR) is 106 cm³/mol. The highest BCUT2D eigenvalue weighted by Crippen LogP contribution is 2.20. The van der Waals surface area contributed by atoms with Gasteiger partial charge >= 0.3 is 0 Å². The van der Waals surface area contributed by atoms with Crippen LogP contribution in [0.4, 0.5) is 5.69 Å². The van der Waals surface area contributed by atoms with Gasteiger partial charge in [-0.2, -0.15) is 0 Å². The number of nitrogens with zero attached hydrogens (tertiary/aromatic N) is 1. The third kappa shape index (κ3) is 7.37. The van der Waals surface area contributed by atoms with Crippen LogP contribution in [0.3, 0.4) is 0 Å². The number of rotatable bonds is 8. The number of hydrogen-bond acceptors (Lipinski definition) is 3. The van der Waals surface area contributed by atoms with Crippen molar-refractivity contribution in [1.82, 2.24) is 0 Å². The summed E-state index contributed by atoms with van der Waals surface area (Å²) in [5.74, 6) is 0.0590. The van der Waals surface area contributed by atoms with Gasteiger partial charge in [0.1, 0.15) is 19.2 Å². The fourth-order valence-electron chi connectivity index (χ4n) is 2.65. The van der Waals surface area contributed by atoms with Crippen LogP contribution in [0.1, 0.15) is 10.4 Å². The van der Waals surface area contributed by atoms with Crippen LogP contribution < -0.4 is 22.3 Å². The van der Waals surface area contributed by atoms with Crippen molar-refractivity contribution in [2.75, 3.05) is 39.0 Å². The number of anilines is 1. The predicted octanol–water partition coefficient (Wildman–Crippen LogP) is 0.839. The lowest BCUT2D eigenvalue weighted by Gasteiger charge is -2.31. The van der Waals surface area contributed by atoms with Gasteiger partial charge in [-0.25, -0.2) is 0 Å². The summed E-state index contributed by atoms with van der Waals surface area (Å²) in [6, 6.07) is 14.7. The van der Waals surface area contributed by atoms with Gasteiger partial charge < -0.3 is 31.9 Å².